The highest BCUT2D eigenvalue weighted by Gasteiger charge is 2.52. The average Bonchev–Trinajstić information content (AvgIpc) is 4.04. The van der Waals surface area contributed by atoms with Gasteiger partial charge in [0.25, 0.3) is 0 Å². The van der Waals surface area contributed by atoms with Crippen LogP contribution in [-0.4, -0.2) is 4.57 Å². The van der Waals surface area contributed by atoms with Crippen molar-refractivity contribution >= 4 is 38.9 Å². The molecule has 322 valence electrons. The van der Waals surface area contributed by atoms with E-state index in [2.05, 4.69) is 276 Å². The van der Waals surface area contributed by atoms with Crippen molar-refractivity contribution in [1.82, 2.24) is 4.57 Å². The molecule has 2 heteroatoms. The van der Waals surface area contributed by atoms with Crippen LogP contribution in [0.15, 0.2) is 267 Å². The van der Waals surface area contributed by atoms with Crippen LogP contribution in [0.3, 0.4) is 0 Å². The Labute approximate surface area is 402 Å². The molecule has 1 spiro atoms. The summed E-state index contributed by atoms with van der Waals surface area (Å²) in [6.07, 6.45) is 0. The van der Waals surface area contributed by atoms with Crippen LogP contribution in [0.25, 0.3) is 83.1 Å². The third-order valence-corrected chi connectivity index (χ3v) is 14.8. The summed E-state index contributed by atoms with van der Waals surface area (Å²) >= 11 is 0. The largest absolute Gasteiger partial charge is 0.311 e. The van der Waals surface area contributed by atoms with Gasteiger partial charge < -0.3 is 9.47 Å². The second kappa shape index (κ2) is 15.6. The number of rotatable bonds is 7. The van der Waals surface area contributed by atoms with E-state index in [4.69, 9.17) is 0 Å². The molecule has 0 atom stereocenters. The molecule has 11 aromatic carbocycles. The number of benzene rings is 11. The normalized spacial score (nSPS) is 12.8. The van der Waals surface area contributed by atoms with Crippen LogP contribution in [0, 0.1) is 0 Å². The maximum Gasteiger partial charge on any atom is 0.0726 e. The van der Waals surface area contributed by atoms with Crippen molar-refractivity contribution in [2.45, 2.75) is 5.41 Å². The molecule has 1 aromatic heterocycles. The van der Waals surface area contributed by atoms with E-state index in [9.17, 15) is 0 Å². The van der Waals surface area contributed by atoms with Gasteiger partial charge in [0.05, 0.1) is 22.1 Å². The summed E-state index contributed by atoms with van der Waals surface area (Å²) in [5.41, 5.74) is 24.2. The number of aromatic nitrogens is 1. The summed E-state index contributed by atoms with van der Waals surface area (Å²) in [6.45, 7) is 0. The van der Waals surface area contributed by atoms with Gasteiger partial charge in [-0.1, -0.05) is 212 Å². The van der Waals surface area contributed by atoms with Gasteiger partial charge >= 0.3 is 0 Å². The van der Waals surface area contributed by atoms with Crippen molar-refractivity contribution in [1.29, 1.82) is 0 Å². The van der Waals surface area contributed by atoms with Gasteiger partial charge in [0.2, 0.25) is 0 Å². The highest BCUT2D eigenvalue weighted by Crippen LogP contribution is 2.63. The summed E-state index contributed by atoms with van der Waals surface area (Å²) in [6, 6.07) is 98.3. The van der Waals surface area contributed by atoms with Crippen molar-refractivity contribution in [2.24, 2.45) is 0 Å². The van der Waals surface area contributed by atoms with Crippen LogP contribution in [0.2, 0.25) is 0 Å². The lowest BCUT2D eigenvalue weighted by atomic mass is 9.70. The van der Waals surface area contributed by atoms with Gasteiger partial charge in [-0.25, -0.2) is 0 Å². The molecule has 2 nitrogen and oxygen atoms in total. The number of hydrogen-bond donors (Lipinski definition) is 0. The average molecular weight is 877 g/mol. The minimum Gasteiger partial charge on any atom is -0.311 e. The Morgan fingerprint density at radius 2 is 0.681 bits per heavy atom. The lowest BCUT2D eigenvalue weighted by Gasteiger charge is -2.30. The minimum atomic E-state index is -0.414. The van der Waals surface area contributed by atoms with E-state index in [1.165, 1.54) is 99.8 Å². The molecule has 2 aliphatic rings. The van der Waals surface area contributed by atoms with E-state index < -0.39 is 5.41 Å². The summed E-state index contributed by atoms with van der Waals surface area (Å²) in [4.78, 5) is 2.36. The van der Waals surface area contributed by atoms with Crippen LogP contribution >= 0.6 is 0 Å². The number of para-hydroxylation sites is 1. The number of fused-ring (bicyclic) bond motifs is 13. The summed E-state index contributed by atoms with van der Waals surface area (Å²) in [5.74, 6) is 0. The second-order valence-electron chi connectivity index (χ2n) is 18.4. The first-order chi connectivity index (χ1) is 34.2. The molecule has 0 saturated heterocycles. The number of nitrogens with zero attached hydrogens (tertiary/aromatic N) is 2. The molecule has 0 radical (unpaired) electrons. The van der Waals surface area contributed by atoms with Gasteiger partial charge in [-0.15, -0.1) is 0 Å². The molecule has 69 heavy (non-hydrogen) atoms. The van der Waals surface area contributed by atoms with Crippen molar-refractivity contribution in [3.05, 3.63) is 289 Å². The monoisotopic (exact) mass is 876 g/mol. The van der Waals surface area contributed by atoms with Gasteiger partial charge in [0, 0.05) is 33.4 Å². The molecular formula is C67H44N2. The molecule has 0 saturated carbocycles. The first-order valence-corrected chi connectivity index (χ1v) is 23.9. The Bertz CT molecular complexity index is 3790. The zero-order valence-electron chi connectivity index (χ0n) is 37.8. The zero-order chi connectivity index (χ0) is 45.5. The maximum absolute atomic E-state index is 2.53. The molecule has 0 fully saturated rings. The van der Waals surface area contributed by atoms with E-state index in [1.807, 2.05) is 0 Å². The first kappa shape index (κ1) is 39.2. The highest BCUT2D eigenvalue weighted by molar-refractivity contribution is 6.11. The molecule has 12 aromatic rings. The van der Waals surface area contributed by atoms with Gasteiger partial charge in [-0.3, -0.25) is 0 Å². The van der Waals surface area contributed by atoms with E-state index in [1.54, 1.807) is 0 Å². The third-order valence-electron chi connectivity index (χ3n) is 14.8. The molecule has 0 bridgehead atoms. The Morgan fingerprint density at radius 1 is 0.275 bits per heavy atom. The van der Waals surface area contributed by atoms with Crippen LogP contribution in [0.5, 0.6) is 0 Å². The minimum absolute atomic E-state index is 0.414. The van der Waals surface area contributed by atoms with Crippen molar-refractivity contribution in [3.8, 4) is 61.3 Å². The van der Waals surface area contributed by atoms with E-state index in [0.29, 0.717) is 0 Å². The topological polar surface area (TPSA) is 8.17 Å². The van der Waals surface area contributed by atoms with Crippen LogP contribution in [0.4, 0.5) is 17.1 Å². The van der Waals surface area contributed by atoms with Crippen LogP contribution in [0.1, 0.15) is 22.3 Å². The zero-order valence-corrected chi connectivity index (χ0v) is 37.8. The first-order valence-electron chi connectivity index (χ1n) is 23.9. The quantitative estimate of drug-likeness (QED) is 0.155. The fourth-order valence-electron chi connectivity index (χ4n) is 11.8. The fraction of sp³-hybridized carbons (Fsp3) is 0.0149. The Hall–Kier alpha value is -8.98. The molecule has 0 N–H and O–H groups in total. The Kier molecular flexibility index (Phi) is 8.84. The van der Waals surface area contributed by atoms with Gasteiger partial charge in [-0.2, -0.15) is 0 Å². The van der Waals surface area contributed by atoms with Crippen LogP contribution in [-0.2, 0) is 5.41 Å². The summed E-state index contributed by atoms with van der Waals surface area (Å²) in [7, 11) is 0. The maximum atomic E-state index is 2.53. The lowest BCUT2D eigenvalue weighted by Crippen LogP contribution is -2.25. The van der Waals surface area contributed by atoms with Gasteiger partial charge in [0.15, 0.2) is 0 Å². The van der Waals surface area contributed by atoms with Crippen molar-refractivity contribution in [2.75, 3.05) is 4.90 Å². The summed E-state index contributed by atoms with van der Waals surface area (Å²) in [5, 5.41) is 2.49. The second-order valence-corrected chi connectivity index (χ2v) is 18.4. The Morgan fingerprint density at radius 3 is 1.25 bits per heavy atom. The fourth-order valence-corrected chi connectivity index (χ4v) is 11.8. The molecular weight excluding hydrogens is 833 g/mol. The molecule has 14 rings (SSSR count). The SMILES string of the molecule is c1ccc(-c2ccc(N(c3ccc(-c4ccccc4)cc3)c3ccc(-c4ccc5c6ccccc6n(-c6cccc7c6-c6ccccc6C76c7ccccc7-c7ccccc76)c5c4)cc3)cc2)cc1. The predicted molar refractivity (Wildman–Crippen MR) is 288 cm³/mol. The van der Waals surface area contributed by atoms with Crippen LogP contribution < -0.4 is 4.90 Å². The summed E-state index contributed by atoms with van der Waals surface area (Å²) < 4.78 is 2.53. The third kappa shape index (κ3) is 5.92. The van der Waals surface area contributed by atoms with Crippen molar-refractivity contribution in [3.63, 3.8) is 0 Å². The standard InChI is InChI=1S/C67H44N2/c1-3-16-45(17-4-1)47-30-37-51(38-31-47)68(52-39-32-48(33-40-52)46-18-5-2-6-19-46)53-41-34-49(35-42-53)50-36-43-57-56-22-10-14-28-63(56)69(65(57)44-50)64-29-15-27-62-66(64)58-23-9-13-26-61(58)67(62)59-24-11-7-20-54(59)55-21-8-12-25-60(55)67/h1-44H. The lowest BCUT2D eigenvalue weighted by molar-refractivity contribution is 0.793. The van der Waals surface area contributed by atoms with Gasteiger partial charge in [-0.05, 0) is 127 Å². The smallest absolute Gasteiger partial charge is 0.0726 e. The highest BCUT2D eigenvalue weighted by atomic mass is 15.1. The predicted octanol–water partition coefficient (Wildman–Crippen LogP) is 17.6. The molecule has 1 heterocycles. The Balaban J connectivity index is 0.903. The molecule has 0 amide bonds. The molecule has 0 unspecified atom stereocenters. The van der Waals surface area contributed by atoms with Gasteiger partial charge in [0.1, 0.15) is 0 Å². The molecule has 2 aliphatic carbocycles. The number of hydrogen-bond acceptors (Lipinski definition) is 1. The van der Waals surface area contributed by atoms with E-state index in [-0.39, 0.29) is 0 Å². The van der Waals surface area contributed by atoms with Crippen molar-refractivity contribution < 1.29 is 0 Å². The number of anilines is 3. The molecule has 0 aliphatic heterocycles. The van der Waals surface area contributed by atoms with E-state index >= 15 is 0 Å². The van der Waals surface area contributed by atoms with E-state index in [0.717, 1.165) is 22.6 Å².